The summed E-state index contributed by atoms with van der Waals surface area (Å²) in [6, 6.07) is -5.05. The summed E-state index contributed by atoms with van der Waals surface area (Å²) in [6.07, 6.45) is -35.6. The van der Waals surface area contributed by atoms with Crippen LogP contribution in [-0.4, -0.2) is 448 Å². The predicted octanol–water partition coefficient (Wildman–Crippen LogP) is -3.51. The van der Waals surface area contributed by atoms with Gasteiger partial charge in [-0.1, -0.05) is 83.9 Å². The number of nitrogens with one attached hydrogen (secondary N) is 3. The summed E-state index contributed by atoms with van der Waals surface area (Å²) in [4.78, 5) is 33.9. The Balaban J connectivity index is 0.000000233. The SMILES string of the molecule is CC(=O)N[C@H]1[C@H]([C@H](O)[C@H](O)CO)OC(C)(F)C(F)[C@@H]1n1cnnn1.CC1(F)O[C@@H]([C@H](O)[C@H](O)CO)[C@H](NC(=O)C(Cl)(Cl)Cl)[C@@H](n2cnnn2)C1F.CC1(F)O[C@@H]([C@H](O)[C@H](O)CO)[C@H](NC(=O)C(Cl)Cl)[C@@H](n2cnnn2)C1F.C[C@H]1[C@H]([C@H](O)[C@H](O)CO)OC(C)(F)C(F)[C@@H]1n1cccc1.C[C@H]1[C@H]([C@H](O)[C@H](O)CO)OC(C)(F)C(F)[C@@H]1n1nnnc1N.Cc1ccc(C)n1[C@H]1C(F)C(C)(F)O[C@@H]([C@H](O)[C@H](O)CO)[C@@H]1C. The predicted molar refractivity (Wildman–Crippen MR) is 463 cm³/mol. The lowest BCUT2D eigenvalue weighted by Gasteiger charge is -2.47. The Morgan fingerprint density at radius 2 is 0.685 bits per heavy atom. The fraction of sp³-hybridized carbons (Fsp3) is 0.805. The lowest BCUT2D eigenvalue weighted by atomic mass is 9.82. The Morgan fingerprint density at radius 3 is 0.958 bits per heavy atom. The number of hydrogen-bond acceptors (Lipinski definition) is 40. The molecule has 12 rings (SSSR count). The van der Waals surface area contributed by atoms with Gasteiger partial charge in [0.1, 0.15) is 129 Å². The van der Waals surface area contributed by atoms with E-state index in [-0.39, 0.29) is 5.95 Å². The summed E-state index contributed by atoms with van der Waals surface area (Å²) in [5.74, 6) is -21.8. The van der Waals surface area contributed by atoms with Gasteiger partial charge in [0.15, 0.2) is 41.9 Å². The smallest absolute Gasteiger partial charge is 0.272 e. The van der Waals surface area contributed by atoms with Crippen molar-refractivity contribution in [3.05, 3.63) is 67.0 Å². The molecule has 23 N–H and O–H groups in total. The van der Waals surface area contributed by atoms with E-state index >= 15 is 0 Å². The van der Waals surface area contributed by atoms with Crippen LogP contribution in [0.2, 0.25) is 0 Å². The van der Waals surface area contributed by atoms with Crippen molar-refractivity contribution >= 4 is 81.7 Å². The third kappa shape index (κ3) is 28.7. The summed E-state index contributed by atoms with van der Waals surface area (Å²) in [5.41, 5.74) is 7.08. The molecule has 6 aromatic heterocycles. The number of nitrogens with two attached hydrogens (primary N) is 1. The van der Waals surface area contributed by atoms with Gasteiger partial charge in [-0.25, -0.2) is 71.4 Å². The number of rotatable bonds is 28. The minimum absolute atomic E-state index is 0.215. The number of aliphatic hydroxyl groups excluding tert-OH is 18. The number of carbonyl (C=O) groups excluding carboxylic acids is 3. The van der Waals surface area contributed by atoms with Crippen LogP contribution in [0.4, 0.5) is 58.6 Å². The Kier molecular flexibility index (Phi) is 43.6. The monoisotopic (exact) mass is 2180 g/mol. The molecular formula is C77H117Cl5F12N22O27. The second kappa shape index (κ2) is 50.8. The number of carbonyl (C=O) groups is 3. The van der Waals surface area contributed by atoms with Gasteiger partial charge in [0, 0.05) is 48.5 Å². The minimum Gasteiger partial charge on any atom is -0.394 e. The number of halogens is 17. The Hall–Kier alpha value is -7.30. The zero-order chi connectivity index (χ0) is 108. The van der Waals surface area contributed by atoms with E-state index in [1.807, 2.05) is 12.1 Å². The van der Waals surface area contributed by atoms with Crippen LogP contribution in [0.3, 0.4) is 0 Å². The second-order valence-corrected chi connectivity index (χ2v) is 38.7. The van der Waals surface area contributed by atoms with Crippen molar-refractivity contribution in [2.24, 2.45) is 17.8 Å². The van der Waals surface area contributed by atoms with Gasteiger partial charge in [0.05, 0.1) is 94.2 Å². The average Bonchev–Trinajstić information content (AvgIpc) is 1.74. The van der Waals surface area contributed by atoms with Crippen molar-refractivity contribution in [2.75, 3.05) is 45.4 Å². The molecule has 6 saturated heterocycles. The maximum Gasteiger partial charge on any atom is 0.272 e. The quantitative estimate of drug-likeness (QED) is 0.0167. The molecule has 0 aromatic carbocycles. The topological polar surface area (TPSA) is 717 Å². The number of aryl methyl sites for hydroxylation is 2. The molecular weight excluding hydrogens is 2070 g/mol. The van der Waals surface area contributed by atoms with Crippen molar-refractivity contribution in [3.8, 4) is 0 Å². The van der Waals surface area contributed by atoms with Crippen LogP contribution in [0.1, 0.15) is 117 Å². The van der Waals surface area contributed by atoms with E-state index in [9.17, 15) is 128 Å². The molecule has 6 aliphatic rings. The van der Waals surface area contributed by atoms with Crippen molar-refractivity contribution in [2.45, 2.75) is 328 Å². The molecule has 0 saturated carbocycles. The zero-order valence-corrected chi connectivity index (χ0v) is 81.4. The van der Waals surface area contributed by atoms with Crippen molar-refractivity contribution in [1.29, 1.82) is 0 Å². The lowest BCUT2D eigenvalue weighted by molar-refractivity contribution is -0.288. The molecule has 12 heterocycles. The van der Waals surface area contributed by atoms with E-state index in [1.165, 1.54) is 11.5 Å². The first-order valence-electron chi connectivity index (χ1n) is 43.4. The van der Waals surface area contributed by atoms with E-state index in [1.54, 1.807) is 56.8 Å². The van der Waals surface area contributed by atoms with Gasteiger partial charge in [-0.15, -0.1) is 15.3 Å². The molecule has 0 spiro atoms. The number of hydrogen-bond donors (Lipinski definition) is 22. The number of amides is 3. The number of ether oxygens (including phenoxy) is 6. The van der Waals surface area contributed by atoms with Crippen molar-refractivity contribution in [1.82, 2.24) is 106 Å². The van der Waals surface area contributed by atoms with Gasteiger partial charge in [-0.05, 0) is 121 Å². The highest BCUT2D eigenvalue weighted by Crippen LogP contribution is 2.51. The number of nitrogens with zero attached hydrogens (tertiary/aromatic N) is 18. The van der Waals surface area contributed by atoms with E-state index in [0.29, 0.717) is 0 Å². The first kappa shape index (κ1) is 123. The van der Waals surface area contributed by atoms with E-state index in [0.717, 1.165) is 97.6 Å². The van der Waals surface area contributed by atoms with Crippen LogP contribution in [0, 0.1) is 31.6 Å². The first-order valence-corrected chi connectivity index (χ1v) is 45.4. The molecule has 816 valence electrons. The van der Waals surface area contributed by atoms with Gasteiger partial charge in [-0.2, -0.15) is 0 Å². The fourth-order valence-corrected chi connectivity index (χ4v) is 17.4. The van der Waals surface area contributed by atoms with E-state index in [4.69, 9.17) is 123 Å². The number of anilines is 1. The Morgan fingerprint density at radius 1 is 0.420 bits per heavy atom. The summed E-state index contributed by atoms with van der Waals surface area (Å²) in [6.45, 7) is 9.79. The molecule has 6 aliphatic heterocycles. The average molecular weight is 2190 g/mol. The Bertz CT molecular complexity index is 4840. The van der Waals surface area contributed by atoms with Crippen LogP contribution < -0.4 is 21.7 Å². The number of nitrogen functional groups attached to an aromatic ring is 1. The number of alkyl halides is 17. The molecule has 3 amide bonds. The summed E-state index contributed by atoms with van der Waals surface area (Å²) in [5, 5.41) is 220. The maximum atomic E-state index is 14.8. The van der Waals surface area contributed by atoms with Crippen molar-refractivity contribution in [3.63, 3.8) is 0 Å². The van der Waals surface area contributed by atoms with Gasteiger partial charge in [0.25, 0.3) is 15.6 Å². The van der Waals surface area contributed by atoms with E-state index < -0.39 is 320 Å². The normalized spacial score (nSPS) is 36.6. The second-order valence-electron chi connectivity index (χ2n) is 35.3. The largest absolute Gasteiger partial charge is 0.394 e. The molecule has 66 heteroatoms. The van der Waals surface area contributed by atoms with E-state index in [2.05, 4.69) is 78.1 Å². The maximum absolute atomic E-state index is 14.8. The van der Waals surface area contributed by atoms with Crippen LogP contribution in [0.25, 0.3) is 0 Å². The molecule has 6 aromatic rings. The Labute approximate surface area is 829 Å². The number of tetrazole rings is 4. The number of aromatic nitrogens is 18. The summed E-state index contributed by atoms with van der Waals surface area (Å²) >= 11 is 27.4. The molecule has 42 atom stereocenters. The van der Waals surface area contributed by atoms with Gasteiger partial charge in [-0.3, -0.25) is 14.4 Å². The standard InChI is InChI=1S/C16H25F2NO4.C14H21F2NO4.C12H16Cl3F2N5O5.C12H17Cl2F2N5O5.C12H19F2N5O5.C11H19F2N5O4/c1-8-5-6-9(2)19(8)12-10(3)14(13(22)11(21)7-20)23-16(4,18)15(12)17;1-8-10(17-5-3-4-6-17)13(15)14(2,16)21-12(8)11(20)9(19)7-18;1-11(17)9(16)6(22-3-18-20-21-22)5(19-10(26)12(13,14)15)8(27-11)7(25)4(24)2-23;1-12(16)9(15)6(21-3-17-19-20-21)5(18-11(25)10(13)14)8(26-12)7(24)4(23)2-22;1-5(21)16-7-8(19-4-15-17-18-19)11(13)12(2,14)24-10(7)9(23)6(22)3-20;1-4-6(18-10(14)15-16-17-18)9(12)11(2,13)22-8(4)7(21)5(20)3-19/h5-6,10-15,20-22H,7H2,1-4H3;3-6,8-13,18-20H,7H2,1-2H3;3-9,23-25H,2H2,1H3,(H,19,26);3-10,22-24H,2H2,1H3,(H,18,25);4,6-11,20,22-23H,3H2,1-2H3,(H,16,21);4-9,19-21H,3H2,1-2H3,(H2,14,15,17)/t10-,11-,12-,13-,14-,15?,16?;8-,9-,10-,11-,12-,13?,14?;4-,5-,6-,7-,8-,9?,11?;4-,5-,6-,7-,8-,9?,12?;6-,7-,8-,9-,10-,11?,12?;4-,5-,6-,7-,8-,9?,11?/m111111/s1. The molecule has 6 fully saturated rings. The van der Waals surface area contributed by atoms with Crippen LogP contribution in [0.15, 0.2) is 55.6 Å². The molecule has 49 nitrogen and oxygen atoms in total. The van der Waals surface area contributed by atoms with Gasteiger partial charge < -0.3 is 151 Å². The van der Waals surface area contributed by atoms with Crippen LogP contribution in [-0.2, 0) is 42.8 Å². The summed E-state index contributed by atoms with van der Waals surface area (Å²) < 4.78 is 210. The molecule has 0 radical (unpaired) electrons. The van der Waals surface area contributed by atoms with Crippen LogP contribution in [0.5, 0.6) is 0 Å². The first-order chi connectivity index (χ1) is 66.3. The fourth-order valence-electron chi connectivity index (χ4n) is 17.1. The molecule has 0 aliphatic carbocycles. The van der Waals surface area contributed by atoms with Gasteiger partial charge in [0.2, 0.25) is 47.0 Å². The van der Waals surface area contributed by atoms with Crippen molar-refractivity contribution < 1.29 is 187 Å². The molecule has 12 unspecified atom stereocenters. The highest BCUT2D eigenvalue weighted by Gasteiger charge is 2.64. The lowest BCUT2D eigenvalue weighted by Crippen LogP contribution is -2.67. The third-order valence-electron chi connectivity index (χ3n) is 24.6. The summed E-state index contributed by atoms with van der Waals surface area (Å²) in [7, 11) is 0. The van der Waals surface area contributed by atoms with Gasteiger partial charge >= 0.3 is 0 Å². The third-order valence-corrected chi connectivity index (χ3v) is 25.5. The zero-order valence-electron chi connectivity index (χ0n) is 77.6. The highest BCUT2D eigenvalue weighted by atomic mass is 35.6. The number of aliphatic hydroxyl groups is 18. The molecule has 0 bridgehead atoms. The minimum atomic E-state index is -2.97. The highest BCUT2D eigenvalue weighted by molar-refractivity contribution is 6.76. The van der Waals surface area contributed by atoms with Crippen LogP contribution >= 0.6 is 58.0 Å². The molecule has 143 heavy (non-hydrogen) atoms.